The minimum absolute atomic E-state index is 0.203. The number of hydrogen-bond acceptors (Lipinski definition) is 8. The van der Waals surface area contributed by atoms with Crippen molar-refractivity contribution in [1.29, 1.82) is 0 Å². The molecular weight excluding hydrogens is 496 g/mol. The van der Waals surface area contributed by atoms with Crippen molar-refractivity contribution in [1.82, 2.24) is 4.57 Å². The summed E-state index contributed by atoms with van der Waals surface area (Å²) >= 11 is 2.79. The monoisotopic (exact) mass is 526 g/mol. The highest BCUT2D eigenvalue weighted by Gasteiger charge is 2.33. The Balaban J connectivity index is 1.75. The van der Waals surface area contributed by atoms with Crippen molar-refractivity contribution in [2.24, 2.45) is 4.99 Å². The molecule has 7 nitrogen and oxygen atoms in total. The minimum Gasteiger partial charge on any atom is -0.493 e. The number of methoxy groups -OCH3 is 1. The number of ether oxygens (including phenoxy) is 3. The van der Waals surface area contributed by atoms with Crippen molar-refractivity contribution in [3.05, 3.63) is 77.1 Å². The second kappa shape index (κ2) is 11.7. The van der Waals surface area contributed by atoms with Crippen LogP contribution in [0.2, 0.25) is 0 Å². The predicted molar refractivity (Wildman–Crippen MR) is 143 cm³/mol. The molecule has 9 heteroatoms. The third kappa shape index (κ3) is 5.32. The topological polar surface area (TPSA) is 79.1 Å². The van der Waals surface area contributed by atoms with Crippen LogP contribution in [0.15, 0.2) is 56.8 Å². The molecule has 2 aromatic heterocycles. The quantitative estimate of drug-likeness (QED) is 0.288. The first-order valence-electron chi connectivity index (χ1n) is 12.0. The van der Waals surface area contributed by atoms with Crippen molar-refractivity contribution in [3.8, 4) is 11.5 Å². The van der Waals surface area contributed by atoms with E-state index in [1.54, 1.807) is 25.5 Å². The van der Waals surface area contributed by atoms with Crippen LogP contribution in [0.25, 0.3) is 6.08 Å². The van der Waals surface area contributed by atoms with Gasteiger partial charge in [0.25, 0.3) is 5.56 Å². The van der Waals surface area contributed by atoms with E-state index in [2.05, 4.69) is 11.9 Å². The standard InChI is InChI=1S/C27H30N2O5S2/c1-5-7-8-13-34-19-12-11-18(15-20(19)32-4)16-22-25(30)29-24(21-10-9-14-35-21)23(26(31)33-6-2)17(3)28-27(29)36-22/h9-12,14-16,24H,5-8,13H2,1-4H3/b22-16-/t24-/m1/s1. The lowest BCUT2D eigenvalue weighted by atomic mass is 10.0. The average Bonchev–Trinajstić information content (AvgIpc) is 3.50. The largest absolute Gasteiger partial charge is 0.493 e. The molecule has 0 bridgehead atoms. The van der Waals surface area contributed by atoms with E-state index in [-0.39, 0.29) is 12.2 Å². The molecule has 4 rings (SSSR count). The summed E-state index contributed by atoms with van der Waals surface area (Å²) in [6, 6.07) is 8.89. The van der Waals surface area contributed by atoms with E-state index in [0.717, 1.165) is 29.7 Å². The predicted octanol–water partition coefficient (Wildman–Crippen LogP) is 4.44. The number of aromatic nitrogens is 1. The van der Waals surface area contributed by atoms with Gasteiger partial charge >= 0.3 is 5.97 Å². The first-order valence-corrected chi connectivity index (χ1v) is 13.7. The van der Waals surface area contributed by atoms with Crippen LogP contribution in [-0.4, -0.2) is 30.9 Å². The Kier molecular flexibility index (Phi) is 8.43. The minimum atomic E-state index is -0.573. The molecule has 3 aromatic rings. The molecule has 0 saturated heterocycles. The van der Waals surface area contributed by atoms with Gasteiger partial charge in [-0.15, -0.1) is 11.3 Å². The van der Waals surface area contributed by atoms with Crippen molar-refractivity contribution >= 4 is 34.7 Å². The fourth-order valence-electron chi connectivity index (χ4n) is 4.09. The lowest BCUT2D eigenvalue weighted by molar-refractivity contribution is -0.139. The van der Waals surface area contributed by atoms with Crippen LogP contribution in [0.3, 0.4) is 0 Å². The van der Waals surface area contributed by atoms with Crippen LogP contribution >= 0.6 is 22.7 Å². The summed E-state index contributed by atoms with van der Waals surface area (Å²) in [5.41, 5.74) is 1.56. The van der Waals surface area contributed by atoms with Gasteiger partial charge in [-0.25, -0.2) is 9.79 Å². The number of thiophene rings is 1. The Hall–Kier alpha value is -3.17. The Labute approximate surface area is 218 Å². The van der Waals surface area contributed by atoms with E-state index in [4.69, 9.17) is 14.2 Å². The Bertz CT molecular complexity index is 1430. The number of fused-ring (bicyclic) bond motifs is 1. The molecular formula is C27H30N2O5S2. The van der Waals surface area contributed by atoms with Gasteiger partial charge in [0.2, 0.25) is 0 Å². The van der Waals surface area contributed by atoms with Crippen molar-refractivity contribution in [3.63, 3.8) is 0 Å². The number of rotatable bonds is 10. The van der Waals surface area contributed by atoms with Gasteiger partial charge in [0, 0.05) is 4.88 Å². The zero-order chi connectivity index (χ0) is 25.7. The molecule has 0 N–H and O–H groups in total. The molecule has 1 aromatic carbocycles. The summed E-state index contributed by atoms with van der Waals surface area (Å²) in [5, 5.41) is 1.93. The van der Waals surface area contributed by atoms with Crippen molar-refractivity contribution < 1.29 is 19.0 Å². The summed E-state index contributed by atoms with van der Waals surface area (Å²) in [6.45, 7) is 6.58. The molecule has 0 fully saturated rings. The molecule has 36 heavy (non-hydrogen) atoms. The van der Waals surface area contributed by atoms with Gasteiger partial charge in [-0.05, 0) is 55.5 Å². The van der Waals surface area contributed by atoms with Gasteiger partial charge in [0.05, 0.1) is 36.1 Å². The molecule has 3 heterocycles. The lowest BCUT2D eigenvalue weighted by Crippen LogP contribution is -2.39. The third-order valence-electron chi connectivity index (χ3n) is 5.82. The maximum absolute atomic E-state index is 13.6. The fourth-order valence-corrected chi connectivity index (χ4v) is 5.96. The average molecular weight is 527 g/mol. The van der Waals surface area contributed by atoms with Gasteiger partial charge < -0.3 is 14.2 Å². The molecule has 1 aliphatic heterocycles. The highest BCUT2D eigenvalue weighted by Crippen LogP contribution is 2.33. The van der Waals surface area contributed by atoms with E-state index >= 15 is 0 Å². The van der Waals surface area contributed by atoms with E-state index in [1.165, 1.54) is 22.7 Å². The number of benzene rings is 1. The van der Waals surface area contributed by atoms with Gasteiger partial charge in [0.1, 0.15) is 6.04 Å². The van der Waals surface area contributed by atoms with Crippen LogP contribution in [0, 0.1) is 0 Å². The van der Waals surface area contributed by atoms with Crippen LogP contribution < -0.4 is 24.4 Å². The second-order valence-corrected chi connectivity index (χ2v) is 10.3. The van der Waals surface area contributed by atoms with E-state index in [0.29, 0.717) is 38.7 Å². The summed E-state index contributed by atoms with van der Waals surface area (Å²) in [5.74, 6) is 0.843. The number of nitrogens with zero attached hydrogens (tertiary/aromatic N) is 2. The highest BCUT2D eigenvalue weighted by molar-refractivity contribution is 7.10. The SMILES string of the molecule is CCCCCOc1ccc(/C=c2\sc3n(c2=O)[C@H](c2cccs2)C(C(=O)OCC)=C(C)N=3)cc1OC. The lowest BCUT2D eigenvalue weighted by Gasteiger charge is -2.23. The van der Waals surface area contributed by atoms with Gasteiger partial charge in [-0.1, -0.05) is 43.2 Å². The first-order chi connectivity index (χ1) is 17.5. The van der Waals surface area contributed by atoms with Crippen LogP contribution in [0.1, 0.15) is 56.5 Å². The Morgan fingerprint density at radius 3 is 2.72 bits per heavy atom. The summed E-state index contributed by atoms with van der Waals surface area (Å²) < 4.78 is 18.9. The van der Waals surface area contributed by atoms with Gasteiger partial charge in [-0.2, -0.15) is 0 Å². The summed E-state index contributed by atoms with van der Waals surface area (Å²) in [4.78, 5) is 32.5. The van der Waals surface area contributed by atoms with Crippen LogP contribution in [0.5, 0.6) is 11.5 Å². The third-order valence-corrected chi connectivity index (χ3v) is 7.73. The maximum atomic E-state index is 13.6. The number of carbonyl (C=O) groups excluding carboxylic acids is 1. The number of thiazole rings is 1. The zero-order valence-electron chi connectivity index (χ0n) is 20.9. The Morgan fingerprint density at radius 1 is 1.19 bits per heavy atom. The molecule has 0 radical (unpaired) electrons. The molecule has 0 saturated carbocycles. The van der Waals surface area contributed by atoms with Gasteiger partial charge in [-0.3, -0.25) is 9.36 Å². The van der Waals surface area contributed by atoms with E-state index < -0.39 is 12.0 Å². The summed E-state index contributed by atoms with van der Waals surface area (Å²) in [6.07, 6.45) is 5.05. The Morgan fingerprint density at radius 2 is 2.03 bits per heavy atom. The number of allylic oxidation sites excluding steroid dienone is 1. The smallest absolute Gasteiger partial charge is 0.338 e. The number of esters is 1. The molecule has 0 aliphatic carbocycles. The van der Waals surface area contributed by atoms with E-state index in [1.807, 2.05) is 41.8 Å². The molecule has 1 atom stereocenters. The molecule has 0 unspecified atom stereocenters. The van der Waals surface area contributed by atoms with Gasteiger partial charge in [0.15, 0.2) is 16.3 Å². The van der Waals surface area contributed by atoms with Crippen LogP contribution in [-0.2, 0) is 9.53 Å². The number of carbonyl (C=O) groups is 1. The maximum Gasteiger partial charge on any atom is 0.338 e. The fraction of sp³-hybridized carbons (Fsp3) is 0.370. The first kappa shape index (κ1) is 25.9. The molecule has 1 aliphatic rings. The van der Waals surface area contributed by atoms with Crippen molar-refractivity contribution in [2.45, 2.75) is 46.1 Å². The molecule has 0 amide bonds. The van der Waals surface area contributed by atoms with E-state index in [9.17, 15) is 9.59 Å². The molecule has 190 valence electrons. The second-order valence-electron chi connectivity index (χ2n) is 8.28. The van der Waals surface area contributed by atoms with Crippen molar-refractivity contribution in [2.75, 3.05) is 20.3 Å². The van der Waals surface area contributed by atoms with Crippen LogP contribution in [0.4, 0.5) is 0 Å². The number of unbranched alkanes of at least 4 members (excludes halogenated alkanes) is 2. The molecule has 0 spiro atoms. The highest BCUT2D eigenvalue weighted by atomic mass is 32.1. The zero-order valence-corrected chi connectivity index (χ0v) is 22.5. The summed E-state index contributed by atoms with van der Waals surface area (Å²) in [7, 11) is 1.60. The number of hydrogen-bond donors (Lipinski definition) is 0. The normalized spacial score (nSPS) is 15.4.